The van der Waals surface area contributed by atoms with Crippen LogP contribution in [0.3, 0.4) is 0 Å². The van der Waals surface area contributed by atoms with Gasteiger partial charge in [0.2, 0.25) is 0 Å². The van der Waals surface area contributed by atoms with Crippen molar-refractivity contribution in [1.29, 1.82) is 0 Å². The Morgan fingerprint density at radius 3 is 1.26 bits per heavy atom. The fourth-order valence-corrected chi connectivity index (χ4v) is 9.57. The number of carboxylic acid groups (broad SMARTS) is 1. The van der Waals surface area contributed by atoms with Gasteiger partial charge in [-0.15, -0.1) is 0 Å². The Morgan fingerprint density at radius 1 is 0.557 bits per heavy atom. The SMILES string of the molecule is COc1cc(-c2cn(C)c(=O)c3c2cnn3C)cc(OC)c1CNCC(=O)O.COc1cc(-c2cn(C)c(=O)c3c2cnn3C)cc(OC)c1CNCC(=O)OC(C)(C)C.COc1cc(B2OC(C)(C)C(C)(C)O2)cc(OC)c1CNC(=O)OC(C)(C)C. The van der Waals surface area contributed by atoms with E-state index in [9.17, 15) is 24.0 Å². The van der Waals surface area contributed by atoms with Crippen molar-refractivity contribution in [3.63, 3.8) is 0 Å². The quantitative estimate of drug-likeness (QED) is 0.0494. The number of alkyl carbamates (subject to hydrolysis) is 1. The van der Waals surface area contributed by atoms with Crippen LogP contribution in [0.2, 0.25) is 0 Å². The van der Waals surface area contributed by atoms with Gasteiger partial charge in [0.05, 0.1) is 91.5 Å². The summed E-state index contributed by atoms with van der Waals surface area (Å²) in [5, 5.41) is 27.4. The molecule has 8 rings (SSSR count). The maximum Gasteiger partial charge on any atom is 0.495 e. The molecule has 0 saturated carbocycles. The van der Waals surface area contributed by atoms with Crippen molar-refractivity contribution in [2.24, 2.45) is 28.2 Å². The maximum atomic E-state index is 12.6. The highest BCUT2D eigenvalue weighted by Crippen LogP contribution is 2.40. The summed E-state index contributed by atoms with van der Waals surface area (Å²) in [6.45, 7) is 19.6. The minimum Gasteiger partial charge on any atom is -0.496 e. The summed E-state index contributed by atoms with van der Waals surface area (Å²) in [4.78, 5) is 59.8. The maximum absolute atomic E-state index is 12.6. The molecule has 26 heteroatoms. The van der Waals surface area contributed by atoms with Crippen molar-refractivity contribution in [3.8, 4) is 56.8 Å². The first-order valence-corrected chi connectivity index (χ1v) is 28.2. The monoisotopic (exact) mass is 1220 g/mol. The standard InChI is InChI=1S/C23H30N4O5.C20H32BNO6.C19H22N4O5/c1-23(2,3)32-20(28)12-24-10-16-18(30-6)8-14(9-19(16)31-7)17-13-26(4)22(29)21-15(17)11-25-27(21)5;1-18(2,3)26-17(23)22-12-14-15(24-8)10-13(11-16(14)25-9)21-27-19(4,5)20(6,7)28-21;1-22-10-14(12-8-21-23(2)18(12)19(22)26)11-5-15(27-3)13(16(6-11)28-4)7-20-9-17(24)25/h8-9,11,13,24H,10,12H2,1-7H3;10-11H,12H2,1-9H3,(H,22,23);5-6,8,10,20H,7,9H2,1-4H3,(H,24,25). The Kier molecular flexibility index (Phi) is 21.9. The van der Waals surface area contributed by atoms with Crippen LogP contribution in [0.5, 0.6) is 34.5 Å². The first-order valence-electron chi connectivity index (χ1n) is 28.2. The molecule has 0 unspecified atom stereocenters. The molecule has 1 amide bonds. The number of fused-ring (bicyclic) bond motifs is 2. The van der Waals surface area contributed by atoms with Gasteiger partial charge >= 0.3 is 25.2 Å². The molecule has 0 bridgehead atoms. The van der Waals surface area contributed by atoms with E-state index in [1.807, 2.05) is 106 Å². The van der Waals surface area contributed by atoms with Gasteiger partial charge in [-0.05, 0) is 122 Å². The molecular weight excluding hydrogens is 1140 g/mol. The first-order chi connectivity index (χ1) is 41.2. The van der Waals surface area contributed by atoms with Crippen LogP contribution in [0.4, 0.5) is 4.79 Å². The highest BCUT2D eigenvalue weighted by molar-refractivity contribution is 6.62. The molecule has 3 aromatic carbocycles. The number of benzene rings is 3. The normalized spacial score (nSPS) is 13.4. The van der Waals surface area contributed by atoms with Crippen LogP contribution in [0.15, 0.2) is 70.8 Å². The lowest BCUT2D eigenvalue weighted by molar-refractivity contribution is -0.153. The minimum atomic E-state index is -0.946. The van der Waals surface area contributed by atoms with Crippen LogP contribution in [-0.4, -0.2) is 137 Å². The van der Waals surface area contributed by atoms with Crippen LogP contribution < -0.4 is 61.0 Å². The summed E-state index contributed by atoms with van der Waals surface area (Å²) in [7, 11) is 15.7. The van der Waals surface area contributed by atoms with Gasteiger partial charge in [-0.25, -0.2) is 4.79 Å². The van der Waals surface area contributed by atoms with Crippen LogP contribution in [0, 0.1) is 0 Å². The zero-order valence-electron chi connectivity index (χ0n) is 54.1. The lowest BCUT2D eigenvalue weighted by Gasteiger charge is -2.32. The predicted octanol–water partition coefficient (Wildman–Crippen LogP) is 6.55. The number of aromatic nitrogens is 6. The van der Waals surface area contributed by atoms with E-state index in [1.165, 1.54) is 9.13 Å². The molecular formula is C62H84BN9O16. The van der Waals surface area contributed by atoms with Gasteiger partial charge in [-0.3, -0.25) is 28.5 Å². The molecule has 1 saturated heterocycles. The lowest BCUT2D eigenvalue weighted by atomic mass is 9.78. The number of rotatable bonds is 19. The van der Waals surface area contributed by atoms with E-state index in [0.717, 1.165) is 44.1 Å². The third-order valence-corrected chi connectivity index (χ3v) is 14.5. The van der Waals surface area contributed by atoms with E-state index < -0.39 is 41.6 Å². The molecule has 0 radical (unpaired) electrons. The lowest BCUT2D eigenvalue weighted by Crippen LogP contribution is -2.41. The number of methoxy groups -OCH3 is 6. The summed E-state index contributed by atoms with van der Waals surface area (Å²) in [5.74, 6) is 2.16. The molecule has 0 aliphatic carbocycles. The van der Waals surface area contributed by atoms with Crippen LogP contribution in [-0.2, 0) is 76.2 Å². The fourth-order valence-electron chi connectivity index (χ4n) is 9.57. The van der Waals surface area contributed by atoms with Gasteiger partial charge in [0.15, 0.2) is 0 Å². The number of nitrogens with one attached hydrogen (secondary N) is 3. The van der Waals surface area contributed by atoms with Gasteiger partial charge in [-0.1, -0.05) is 0 Å². The Hall–Kier alpha value is -8.59. The van der Waals surface area contributed by atoms with Crippen molar-refractivity contribution in [3.05, 3.63) is 98.6 Å². The Balaban J connectivity index is 0.000000211. The van der Waals surface area contributed by atoms with E-state index >= 15 is 0 Å². The number of nitrogens with zero attached hydrogens (tertiary/aromatic N) is 6. The molecule has 4 N–H and O–H groups in total. The summed E-state index contributed by atoms with van der Waals surface area (Å²) >= 11 is 0. The van der Waals surface area contributed by atoms with Crippen LogP contribution >= 0.6 is 0 Å². The third kappa shape index (κ3) is 16.1. The smallest absolute Gasteiger partial charge is 0.495 e. The molecule has 476 valence electrons. The summed E-state index contributed by atoms with van der Waals surface area (Å²) < 4.78 is 62.4. The number of hydrogen-bond acceptors (Lipinski definition) is 19. The number of carbonyl (C=O) groups is 3. The molecule has 25 nitrogen and oxygen atoms in total. The molecule has 0 spiro atoms. The van der Waals surface area contributed by atoms with Gasteiger partial charge in [-0.2, -0.15) is 10.2 Å². The van der Waals surface area contributed by atoms with Gasteiger partial charge < -0.3 is 77.4 Å². The van der Waals surface area contributed by atoms with E-state index in [-0.39, 0.29) is 43.3 Å². The first kappa shape index (κ1) is 68.5. The predicted molar refractivity (Wildman–Crippen MR) is 334 cm³/mol. The van der Waals surface area contributed by atoms with Gasteiger partial charge in [0.1, 0.15) is 56.7 Å². The third-order valence-electron chi connectivity index (χ3n) is 14.5. The highest BCUT2D eigenvalue weighted by atomic mass is 16.7. The molecule has 0 atom stereocenters. The van der Waals surface area contributed by atoms with Crippen molar-refractivity contribution in [2.75, 3.05) is 55.7 Å². The number of carbonyl (C=O) groups excluding carboxylic acids is 2. The Morgan fingerprint density at radius 2 is 0.909 bits per heavy atom. The second-order valence-electron chi connectivity index (χ2n) is 23.7. The largest absolute Gasteiger partial charge is 0.496 e. The van der Waals surface area contributed by atoms with E-state index in [1.54, 1.807) is 105 Å². The minimum absolute atomic E-state index is 0.0580. The van der Waals surface area contributed by atoms with Crippen molar-refractivity contribution >= 4 is 52.4 Å². The van der Waals surface area contributed by atoms with Crippen LogP contribution in [0.25, 0.3) is 44.1 Å². The number of hydrogen-bond donors (Lipinski definition) is 4. The van der Waals surface area contributed by atoms with Crippen molar-refractivity contribution < 1.29 is 66.7 Å². The number of carboxylic acids is 1. The fraction of sp³-hybridized carbons (Fsp3) is 0.468. The molecule has 1 aliphatic rings. The average Bonchev–Trinajstić information content (AvgIpc) is 2.11. The Bertz CT molecular complexity index is 3700. The zero-order valence-corrected chi connectivity index (χ0v) is 54.1. The highest BCUT2D eigenvalue weighted by Gasteiger charge is 2.52. The molecule has 1 fully saturated rings. The van der Waals surface area contributed by atoms with E-state index in [0.29, 0.717) is 63.2 Å². The average molecular weight is 1220 g/mol. The molecule has 7 aromatic rings. The topological polar surface area (TPSA) is 279 Å². The van der Waals surface area contributed by atoms with E-state index in [2.05, 4.69) is 26.1 Å². The Labute approximate surface area is 512 Å². The number of esters is 1. The van der Waals surface area contributed by atoms with E-state index in [4.69, 9.17) is 52.3 Å². The number of amides is 1. The summed E-state index contributed by atoms with van der Waals surface area (Å²) in [6.07, 6.45) is 6.37. The molecule has 4 aromatic heterocycles. The summed E-state index contributed by atoms with van der Waals surface area (Å²) in [5.41, 5.74) is 5.00. The number of ether oxygens (including phenoxy) is 8. The summed E-state index contributed by atoms with van der Waals surface area (Å²) in [6, 6.07) is 11.1. The molecule has 1 aliphatic heterocycles. The number of aryl methyl sites for hydroxylation is 4. The molecule has 88 heavy (non-hydrogen) atoms. The van der Waals surface area contributed by atoms with Crippen molar-refractivity contribution in [1.82, 2.24) is 44.6 Å². The second kappa shape index (κ2) is 28.1. The molecule has 5 heterocycles. The van der Waals surface area contributed by atoms with Crippen LogP contribution in [0.1, 0.15) is 85.9 Å². The van der Waals surface area contributed by atoms with Gasteiger partial charge in [0, 0.05) is 86.7 Å². The second-order valence-corrected chi connectivity index (χ2v) is 23.7. The number of pyridine rings is 2. The van der Waals surface area contributed by atoms with Gasteiger partial charge in [0.25, 0.3) is 11.1 Å². The van der Waals surface area contributed by atoms with Crippen molar-refractivity contribution in [2.45, 2.75) is 111 Å². The number of aliphatic carboxylic acids is 1. The zero-order chi connectivity index (χ0) is 65.4.